The molecule has 2 amide bonds. The lowest BCUT2D eigenvalue weighted by Gasteiger charge is -2.24. The van der Waals surface area contributed by atoms with E-state index in [0.29, 0.717) is 23.8 Å². The predicted molar refractivity (Wildman–Crippen MR) is 95.4 cm³/mol. The van der Waals surface area contributed by atoms with Gasteiger partial charge in [0.1, 0.15) is 0 Å². The van der Waals surface area contributed by atoms with Crippen molar-refractivity contribution in [1.82, 2.24) is 5.32 Å². The number of carbonyl (C=O) groups excluding carboxylic acids is 2. The Labute approximate surface area is 141 Å². The number of hydrogen-bond donors (Lipinski definition) is 2. The summed E-state index contributed by atoms with van der Waals surface area (Å²) >= 11 is 0. The van der Waals surface area contributed by atoms with Crippen LogP contribution >= 0.6 is 0 Å². The topological polar surface area (TPSA) is 61.4 Å². The second-order valence-electron chi connectivity index (χ2n) is 6.02. The molecule has 2 aromatic rings. The average Bonchev–Trinajstić information content (AvgIpc) is 2.90. The van der Waals surface area contributed by atoms with Gasteiger partial charge >= 0.3 is 0 Å². The van der Waals surface area contributed by atoms with Gasteiger partial charge in [-0.25, -0.2) is 0 Å². The van der Waals surface area contributed by atoms with E-state index >= 15 is 0 Å². The number of hydrogen-bond acceptors (Lipinski definition) is 3. The highest BCUT2D eigenvalue weighted by Gasteiger charge is 2.26. The second-order valence-corrected chi connectivity index (χ2v) is 6.02. The minimum atomic E-state index is -0.173. The van der Waals surface area contributed by atoms with E-state index in [0.717, 1.165) is 12.1 Å². The van der Waals surface area contributed by atoms with Crippen molar-refractivity contribution in [2.45, 2.75) is 19.4 Å². The number of benzene rings is 2. The van der Waals surface area contributed by atoms with E-state index < -0.39 is 0 Å². The first-order chi connectivity index (χ1) is 11.6. The lowest BCUT2D eigenvalue weighted by Crippen LogP contribution is -2.37. The van der Waals surface area contributed by atoms with Crippen LogP contribution in [0, 0.1) is 0 Å². The molecule has 0 fully saturated rings. The van der Waals surface area contributed by atoms with E-state index in [2.05, 4.69) is 34.6 Å². The van der Waals surface area contributed by atoms with Crippen LogP contribution in [0.15, 0.2) is 48.5 Å². The summed E-state index contributed by atoms with van der Waals surface area (Å²) in [5, 5.41) is 5.46. The Kier molecular flexibility index (Phi) is 4.51. The molecule has 0 unspecified atom stereocenters. The number of para-hydroxylation sites is 1. The lowest BCUT2D eigenvalue weighted by molar-refractivity contribution is -0.115. The first kappa shape index (κ1) is 16.1. The Morgan fingerprint density at radius 1 is 1.17 bits per heavy atom. The number of fused-ring (bicyclic) bond motifs is 1. The fourth-order valence-corrected chi connectivity index (χ4v) is 3.11. The molecule has 0 aromatic heterocycles. The van der Waals surface area contributed by atoms with Crippen molar-refractivity contribution >= 4 is 23.2 Å². The van der Waals surface area contributed by atoms with Gasteiger partial charge in [0.2, 0.25) is 5.91 Å². The van der Waals surface area contributed by atoms with E-state index in [1.807, 2.05) is 12.1 Å². The average molecular weight is 323 g/mol. The number of nitrogens with one attached hydrogen (secondary N) is 2. The molecule has 5 heteroatoms. The van der Waals surface area contributed by atoms with Gasteiger partial charge in [0.15, 0.2) is 0 Å². The van der Waals surface area contributed by atoms with Gasteiger partial charge < -0.3 is 15.5 Å². The van der Waals surface area contributed by atoms with Gasteiger partial charge in [-0.05, 0) is 43.2 Å². The van der Waals surface area contributed by atoms with Crippen molar-refractivity contribution in [2.75, 3.05) is 23.8 Å². The van der Waals surface area contributed by atoms with Crippen LogP contribution in [-0.4, -0.2) is 31.4 Å². The Balaban J connectivity index is 1.69. The fraction of sp³-hybridized carbons (Fsp3) is 0.263. The molecule has 2 aromatic carbocycles. The maximum absolute atomic E-state index is 12.4. The zero-order valence-corrected chi connectivity index (χ0v) is 13.9. The molecule has 1 atom stereocenters. The van der Waals surface area contributed by atoms with Crippen LogP contribution in [0.5, 0.6) is 0 Å². The molecule has 1 aliphatic heterocycles. The van der Waals surface area contributed by atoms with Crippen LogP contribution in [0.2, 0.25) is 0 Å². The minimum absolute atomic E-state index is 0.0902. The third-order valence-corrected chi connectivity index (χ3v) is 4.30. The van der Waals surface area contributed by atoms with E-state index in [1.165, 1.54) is 5.56 Å². The second kappa shape index (κ2) is 6.74. The Bertz CT molecular complexity index is 773. The smallest absolute Gasteiger partial charge is 0.251 e. The largest absolute Gasteiger partial charge is 0.359 e. The molecule has 124 valence electrons. The van der Waals surface area contributed by atoms with Crippen LogP contribution < -0.4 is 15.5 Å². The normalized spacial score (nSPS) is 15.8. The van der Waals surface area contributed by atoms with Crippen LogP contribution in [0.25, 0.3) is 0 Å². The van der Waals surface area contributed by atoms with Crippen LogP contribution in [-0.2, 0) is 11.2 Å². The maximum atomic E-state index is 12.4. The zero-order chi connectivity index (χ0) is 17.1. The molecular weight excluding hydrogens is 302 g/mol. The molecule has 0 radical (unpaired) electrons. The number of amides is 2. The molecule has 24 heavy (non-hydrogen) atoms. The molecule has 0 bridgehead atoms. The Morgan fingerprint density at radius 2 is 1.96 bits per heavy atom. The van der Waals surface area contributed by atoms with Crippen molar-refractivity contribution < 1.29 is 9.59 Å². The summed E-state index contributed by atoms with van der Waals surface area (Å²) < 4.78 is 0. The van der Waals surface area contributed by atoms with Gasteiger partial charge in [0.25, 0.3) is 5.91 Å². The van der Waals surface area contributed by atoms with Crippen LogP contribution in [0.4, 0.5) is 11.4 Å². The molecule has 0 aliphatic carbocycles. The number of nitrogens with zero attached hydrogens (tertiary/aromatic N) is 1. The van der Waals surface area contributed by atoms with Crippen LogP contribution in [0.3, 0.4) is 0 Å². The number of anilines is 2. The minimum Gasteiger partial charge on any atom is -0.359 e. The molecule has 2 N–H and O–H groups in total. The standard InChI is InChI=1S/C19H21N3O2/c1-13-10-14-6-3-4-9-17(14)22(13)12-18(23)21-16-8-5-7-15(11-16)19(24)20-2/h3-9,11,13H,10,12H2,1-2H3,(H,20,24)(H,21,23)/t13-/m1/s1. The third kappa shape index (κ3) is 3.25. The quantitative estimate of drug-likeness (QED) is 0.908. The van der Waals surface area contributed by atoms with Gasteiger partial charge in [0.05, 0.1) is 6.54 Å². The van der Waals surface area contributed by atoms with Crippen molar-refractivity contribution in [3.63, 3.8) is 0 Å². The highest BCUT2D eigenvalue weighted by atomic mass is 16.2. The van der Waals surface area contributed by atoms with Crippen molar-refractivity contribution in [1.29, 1.82) is 0 Å². The molecule has 1 heterocycles. The van der Waals surface area contributed by atoms with E-state index in [4.69, 9.17) is 0 Å². The first-order valence-corrected chi connectivity index (χ1v) is 8.05. The molecule has 0 saturated carbocycles. The number of rotatable bonds is 4. The molecule has 0 spiro atoms. The summed E-state index contributed by atoms with van der Waals surface area (Å²) in [6.45, 7) is 2.42. The van der Waals surface area contributed by atoms with Gasteiger partial charge in [-0.15, -0.1) is 0 Å². The molecular formula is C19H21N3O2. The van der Waals surface area contributed by atoms with E-state index in [1.54, 1.807) is 31.3 Å². The van der Waals surface area contributed by atoms with E-state index in [9.17, 15) is 9.59 Å². The van der Waals surface area contributed by atoms with Crippen molar-refractivity contribution in [3.05, 3.63) is 59.7 Å². The first-order valence-electron chi connectivity index (χ1n) is 8.05. The fourth-order valence-electron chi connectivity index (χ4n) is 3.11. The number of carbonyl (C=O) groups is 2. The van der Waals surface area contributed by atoms with Gasteiger partial charge in [0, 0.05) is 30.0 Å². The van der Waals surface area contributed by atoms with Crippen molar-refractivity contribution in [2.24, 2.45) is 0 Å². The SMILES string of the molecule is CNC(=O)c1cccc(NC(=O)CN2c3ccccc3C[C@H]2C)c1. The molecule has 5 nitrogen and oxygen atoms in total. The highest BCUT2D eigenvalue weighted by Crippen LogP contribution is 2.31. The zero-order valence-electron chi connectivity index (χ0n) is 13.9. The van der Waals surface area contributed by atoms with Gasteiger partial charge in [-0.2, -0.15) is 0 Å². The summed E-state index contributed by atoms with van der Waals surface area (Å²) in [5.41, 5.74) is 3.55. The predicted octanol–water partition coefficient (Wildman–Crippen LogP) is 2.44. The maximum Gasteiger partial charge on any atom is 0.251 e. The lowest BCUT2D eigenvalue weighted by atomic mass is 10.1. The summed E-state index contributed by atoms with van der Waals surface area (Å²) in [7, 11) is 1.58. The summed E-state index contributed by atoms with van der Waals surface area (Å²) in [4.78, 5) is 26.2. The highest BCUT2D eigenvalue weighted by molar-refractivity contribution is 5.98. The van der Waals surface area contributed by atoms with Crippen molar-refractivity contribution in [3.8, 4) is 0 Å². The molecule has 1 aliphatic rings. The van der Waals surface area contributed by atoms with Gasteiger partial charge in [-0.1, -0.05) is 24.3 Å². The van der Waals surface area contributed by atoms with E-state index in [-0.39, 0.29) is 11.8 Å². The van der Waals surface area contributed by atoms with Gasteiger partial charge in [-0.3, -0.25) is 9.59 Å². The van der Waals surface area contributed by atoms with Crippen LogP contribution in [0.1, 0.15) is 22.8 Å². The summed E-state index contributed by atoms with van der Waals surface area (Å²) in [6, 6.07) is 15.4. The molecule has 3 rings (SSSR count). The Hall–Kier alpha value is -2.82. The third-order valence-electron chi connectivity index (χ3n) is 4.30. The molecule has 0 saturated heterocycles. The summed E-state index contributed by atoms with van der Waals surface area (Å²) in [6.07, 6.45) is 0.954. The monoisotopic (exact) mass is 323 g/mol. The summed E-state index contributed by atoms with van der Waals surface area (Å²) in [5.74, 6) is -0.263. The Morgan fingerprint density at radius 3 is 2.75 bits per heavy atom.